The molecule has 0 radical (unpaired) electrons. The van der Waals surface area contributed by atoms with E-state index >= 15 is 0 Å². The molecule has 0 saturated heterocycles. The standard InChI is InChI=1S/C20H18BrF4NOS2/c1-19(2)10-29-18(26-19)13-5-6-14(20(23,24)25)16(22)17(13)28-9-11-8-12(21)4-7-15(11)27-3/h4-8H,9-10H2,1-3H3. The summed E-state index contributed by atoms with van der Waals surface area (Å²) in [5, 5.41) is 0.561. The number of halogens is 5. The smallest absolute Gasteiger partial charge is 0.419 e. The van der Waals surface area contributed by atoms with Crippen LogP contribution in [0.25, 0.3) is 0 Å². The van der Waals surface area contributed by atoms with Crippen LogP contribution in [0.2, 0.25) is 0 Å². The number of hydrogen-bond acceptors (Lipinski definition) is 4. The number of rotatable bonds is 5. The number of benzene rings is 2. The molecule has 9 heteroatoms. The Morgan fingerprint density at radius 2 is 1.97 bits per heavy atom. The molecule has 0 unspecified atom stereocenters. The highest BCUT2D eigenvalue weighted by atomic mass is 79.9. The number of methoxy groups -OCH3 is 1. The van der Waals surface area contributed by atoms with Gasteiger partial charge in [-0.2, -0.15) is 13.2 Å². The number of alkyl halides is 3. The van der Waals surface area contributed by atoms with Crippen LogP contribution in [0.1, 0.15) is 30.5 Å². The summed E-state index contributed by atoms with van der Waals surface area (Å²) in [5.41, 5.74) is -0.469. The Bertz CT molecular complexity index is 960. The minimum Gasteiger partial charge on any atom is -0.496 e. The second kappa shape index (κ2) is 8.51. The molecule has 1 aliphatic rings. The van der Waals surface area contributed by atoms with Gasteiger partial charge in [-0.05, 0) is 38.1 Å². The highest BCUT2D eigenvalue weighted by Crippen LogP contribution is 2.42. The van der Waals surface area contributed by atoms with Crippen molar-refractivity contribution in [1.82, 2.24) is 0 Å². The van der Waals surface area contributed by atoms with Gasteiger partial charge in [-0.15, -0.1) is 23.5 Å². The molecule has 29 heavy (non-hydrogen) atoms. The lowest BCUT2D eigenvalue weighted by Crippen LogP contribution is -2.15. The van der Waals surface area contributed by atoms with Crippen LogP contribution >= 0.6 is 39.5 Å². The molecule has 0 spiro atoms. The van der Waals surface area contributed by atoms with Gasteiger partial charge in [0.05, 0.1) is 28.2 Å². The van der Waals surface area contributed by atoms with E-state index in [9.17, 15) is 17.6 Å². The maximum Gasteiger partial charge on any atom is 0.419 e. The molecule has 2 aromatic rings. The van der Waals surface area contributed by atoms with Crippen LogP contribution in [-0.2, 0) is 11.9 Å². The first kappa shape index (κ1) is 22.5. The van der Waals surface area contributed by atoms with Crippen LogP contribution in [0, 0.1) is 5.82 Å². The zero-order chi connectivity index (χ0) is 21.4. The normalized spacial score (nSPS) is 16.1. The lowest BCUT2D eigenvalue weighted by molar-refractivity contribution is -0.140. The first-order valence-corrected chi connectivity index (χ1v) is 11.4. The van der Waals surface area contributed by atoms with E-state index in [1.54, 1.807) is 12.1 Å². The zero-order valence-electron chi connectivity index (χ0n) is 15.9. The third-order valence-corrected chi connectivity index (χ3v) is 7.29. The van der Waals surface area contributed by atoms with Crippen LogP contribution in [0.15, 0.2) is 44.7 Å². The van der Waals surface area contributed by atoms with E-state index in [1.807, 2.05) is 19.9 Å². The number of hydrogen-bond donors (Lipinski definition) is 0. The van der Waals surface area contributed by atoms with Gasteiger partial charge >= 0.3 is 6.18 Å². The summed E-state index contributed by atoms with van der Waals surface area (Å²) in [6.07, 6.45) is -4.77. The molecule has 2 nitrogen and oxygen atoms in total. The van der Waals surface area contributed by atoms with E-state index in [2.05, 4.69) is 20.9 Å². The molecule has 0 amide bonds. The summed E-state index contributed by atoms with van der Waals surface area (Å²) >= 11 is 5.81. The van der Waals surface area contributed by atoms with Gasteiger partial charge in [-0.3, -0.25) is 4.99 Å². The molecule has 1 heterocycles. The maximum atomic E-state index is 15.0. The first-order valence-electron chi connectivity index (χ1n) is 8.60. The van der Waals surface area contributed by atoms with Crippen LogP contribution in [-0.4, -0.2) is 23.4 Å². The molecule has 3 rings (SSSR count). The number of thioether (sulfide) groups is 2. The van der Waals surface area contributed by atoms with E-state index in [-0.39, 0.29) is 16.2 Å². The van der Waals surface area contributed by atoms with Crippen molar-refractivity contribution >= 4 is 44.5 Å². The van der Waals surface area contributed by atoms with Crippen LogP contribution < -0.4 is 4.74 Å². The van der Waals surface area contributed by atoms with Crippen molar-refractivity contribution < 1.29 is 22.3 Å². The van der Waals surface area contributed by atoms with Gasteiger partial charge in [0.15, 0.2) is 0 Å². The molecule has 0 atom stereocenters. The minimum absolute atomic E-state index is 0.0502. The highest BCUT2D eigenvalue weighted by Gasteiger charge is 2.37. The molecule has 0 aromatic heterocycles. The van der Waals surface area contributed by atoms with Crippen molar-refractivity contribution in [2.45, 2.75) is 36.2 Å². The predicted octanol–water partition coefficient (Wildman–Crippen LogP) is 7.18. The Hall–Kier alpha value is -1.19. The van der Waals surface area contributed by atoms with E-state index in [0.717, 1.165) is 27.9 Å². The van der Waals surface area contributed by atoms with Crippen molar-refractivity contribution in [2.24, 2.45) is 4.99 Å². The molecule has 0 N–H and O–H groups in total. The van der Waals surface area contributed by atoms with E-state index in [1.165, 1.54) is 24.9 Å². The van der Waals surface area contributed by atoms with E-state index in [4.69, 9.17) is 4.74 Å². The fourth-order valence-corrected chi connectivity index (χ4v) is 5.56. The Morgan fingerprint density at radius 3 is 2.55 bits per heavy atom. The van der Waals surface area contributed by atoms with Crippen LogP contribution in [0.5, 0.6) is 5.75 Å². The molecule has 0 saturated carbocycles. The molecule has 0 fully saturated rings. The summed E-state index contributed by atoms with van der Waals surface area (Å²) in [6.45, 7) is 3.87. The van der Waals surface area contributed by atoms with Gasteiger partial charge < -0.3 is 4.74 Å². The van der Waals surface area contributed by atoms with Crippen molar-refractivity contribution in [2.75, 3.05) is 12.9 Å². The van der Waals surface area contributed by atoms with Crippen LogP contribution in [0.4, 0.5) is 17.6 Å². The minimum atomic E-state index is -4.77. The van der Waals surface area contributed by atoms with Crippen molar-refractivity contribution in [3.8, 4) is 5.75 Å². The van der Waals surface area contributed by atoms with Gasteiger partial charge in [-0.1, -0.05) is 22.0 Å². The fourth-order valence-electron chi connectivity index (χ4n) is 2.82. The van der Waals surface area contributed by atoms with Gasteiger partial charge in [0.2, 0.25) is 0 Å². The van der Waals surface area contributed by atoms with Gasteiger partial charge in [0.25, 0.3) is 0 Å². The summed E-state index contributed by atoms with van der Waals surface area (Å²) in [4.78, 5) is 4.52. The first-order chi connectivity index (χ1) is 13.5. The molecule has 1 aliphatic heterocycles. The summed E-state index contributed by atoms with van der Waals surface area (Å²) in [6, 6.07) is 7.47. The fraction of sp³-hybridized carbons (Fsp3) is 0.350. The maximum absolute atomic E-state index is 15.0. The second-order valence-electron chi connectivity index (χ2n) is 7.06. The SMILES string of the molecule is COc1ccc(Br)cc1CSc1c(C2=NC(C)(C)CS2)ccc(C(F)(F)F)c1F. The third-order valence-electron chi connectivity index (χ3n) is 4.21. The summed E-state index contributed by atoms with van der Waals surface area (Å²) in [5.74, 6) is 0.259. The Labute approximate surface area is 183 Å². The van der Waals surface area contributed by atoms with Crippen LogP contribution in [0.3, 0.4) is 0 Å². The molecule has 0 bridgehead atoms. The lowest BCUT2D eigenvalue weighted by atomic mass is 10.1. The zero-order valence-corrected chi connectivity index (χ0v) is 19.1. The summed E-state index contributed by atoms with van der Waals surface area (Å²) < 4.78 is 61.0. The van der Waals surface area contributed by atoms with Gasteiger partial charge in [0, 0.05) is 27.1 Å². The monoisotopic (exact) mass is 507 g/mol. The molecular weight excluding hydrogens is 490 g/mol. The predicted molar refractivity (Wildman–Crippen MR) is 115 cm³/mol. The lowest BCUT2D eigenvalue weighted by Gasteiger charge is -2.16. The van der Waals surface area contributed by atoms with Gasteiger partial charge in [0.1, 0.15) is 11.6 Å². The molecule has 156 valence electrons. The molecular formula is C20H18BrF4NOS2. The quantitative estimate of drug-likeness (QED) is 0.316. The molecule has 2 aromatic carbocycles. The number of nitrogens with zero attached hydrogens (tertiary/aromatic N) is 1. The molecule has 0 aliphatic carbocycles. The average molecular weight is 508 g/mol. The largest absolute Gasteiger partial charge is 0.496 e. The van der Waals surface area contributed by atoms with Crippen molar-refractivity contribution in [3.63, 3.8) is 0 Å². The van der Waals surface area contributed by atoms with E-state index in [0.29, 0.717) is 22.1 Å². The Balaban J connectivity index is 2.04. The Morgan fingerprint density at radius 1 is 1.24 bits per heavy atom. The average Bonchev–Trinajstić information content (AvgIpc) is 2.99. The third kappa shape index (κ3) is 5.11. The Kier molecular flexibility index (Phi) is 6.60. The summed E-state index contributed by atoms with van der Waals surface area (Å²) in [7, 11) is 1.51. The topological polar surface area (TPSA) is 21.6 Å². The van der Waals surface area contributed by atoms with E-state index < -0.39 is 17.6 Å². The highest BCUT2D eigenvalue weighted by molar-refractivity contribution is 9.10. The number of ether oxygens (including phenoxy) is 1. The number of aliphatic imine (C=N–C) groups is 1. The van der Waals surface area contributed by atoms with Gasteiger partial charge in [-0.25, -0.2) is 4.39 Å². The van der Waals surface area contributed by atoms with Crippen molar-refractivity contribution in [3.05, 3.63) is 57.3 Å². The van der Waals surface area contributed by atoms with Crippen molar-refractivity contribution in [1.29, 1.82) is 0 Å². The second-order valence-corrected chi connectivity index (χ2v) is 9.93.